The van der Waals surface area contributed by atoms with Crippen molar-refractivity contribution in [3.8, 4) is 0 Å². The Morgan fingerprint density at radius 1 is 1.73 bits per heavy atom. The first kappa shape index (κ1) is 10.5. The fraction of sp³-hybridized carbons (Fsp3) is 0.714. The molecule has 0 unspecified atom stereocenters. The molecule has 11 heavy (non-hydrogen) atoms. The average molecular weight is 174 g/mol. The van der Waals surface area contributed by atoms with Gasteiger partial charge in [-0.05, 0) is 13.0 Å². The molecule has 0 aromatic heterocycles. The van der Waals surface area contributed by atoms with E-state index in [1.54, 1.807) is 18.8 Å². The summed E-state index contributed by atoms with van der Waals surface area (Å²) in [4.78, 5) is 14.8. The van der Waals surface area contributed by atoms with Crippen molar-refractivity contribution in [2.45, 2.75) is 18.2 Å². The Hall–Kier alpha value is -0.510. The zero-order valence-corrected chi connectivity index (χ0v) is 7.94. The van der Waals surface area contributed by atoms with Crippen LogP contribution in [0.4, 0.5) is 0 Å². The molecular weight excluding hydrogens is 160 g/mol. The van der Waals surface area contributed by atoms with Crippen LogP contribution < -0.4 is 5.32 Å². The zero-order valence-electron chi connectivity index (χ0n) is 7.13. The lowest BCUT2D eigenvalue weighted by Gasteiger charge is -2.15. The number of aliphatic imine (C=N–C) groups is 1. The number of thioether (sulfide) groups is 1. The van der Waals surface area contributed by atoms with Crippen LogP contribution in [0.2, 0.25) is 0 Å². The molecule has 0 aliphatic carbocycles. The summed E-state index contributed by atoms with van der Waals surface area (Å²) in [7, 11) is 1.60. The molecule has 1 amide bonds. The van der Waals surface area contributed by atoms with Gasteiger partial charge < -0.3 is 5.32 Å². The van der Waals surface area contributed by atoms with Crippen molar-refractivity contribution in [1.29, 1.82) is 0 Å². The number of amides is 1. The number of rotatable bonds is 4. The van der Waals surface area contributed by atoms with E-state index in [1.165, 1.54) is 0 Å². The summed E-state index contributed by atoms with van der Waals surface area (Å²) in [5.41, 5.74) is 0. The van der Waals surface area contributed by atoms with Gasteiger partial charge in [0.25, 0.3) is 0 Å². The van der Waals surface area contributed by atoms with Crippen molar-refractivity contribution in [3.63, 3.8) is 0 Å². The molecule has 0 rings (SSSR count). The quantitative estimate of drug-likeness (QED) is 0.632. The van der Waals surface area contributed by atoms with Crippen LogP contribution in [0, 0.1) is 0 Å². The lowest BCUT2D eigenvalue weighted by atomic mass is 10.2. The molecule has 64 valence electrons. The lowest BCUT2D eigenvalue weighted by molar-refractivity contribution is -0.121. The first-order valence-corrected chi connectivity index (χ1v) is 4.66. The highest BCUT2D eigenvalue weighted by atomic mass is 32.2. The Morgan fingerprint density at radius 3 is 2.55 bits per heavy atom. The van der Waals surface area contributed by atoms with Crippen molar-refractivity contribution in [1.82, 2.24) is 5.32 Å². The van der Waals surface area contributed by atoms with E-state index >= 15 is 0 Å². The van der Waals surface area contributed by atoms with Crippen LogP contribution in [-0.4, -0.2) is 37.2 Å². The van der Waals surface area contributed by atoms with E-state index in [4.69, 9.17) is 0 Å². The fourth-order valence-electron chi connectivity index (χ4n) is 0.721. The molecule has 3 nitrogen and oxygen atoms in total. The third-order valence-electron chi connectivity index (χ3n) is 1.53. The van der Waals surface area contributed by atoms with Gasteiger partial charge in [-0.15, -0.1) is 0 Å². The van der Waals surface area contributed by atoms with Gasteiger partial charge in [0.2, 0.25) is 5.91 Å². The zero-order chi connectivity index (χ0) is 8.85. The number of carbonyl (C=O) groups excluding carboxylic acids is 1. The normalized spacial score (nSPS) is 15.2. The van der Waals surface area contributed by atoms with Crippen LogP contribution in [0.15, 0.2) is 4.99 Å². The van der Waals surface area contributed by atoms with Gasteiger partial charge in [-0.25, -0.2) is 0 Å². The third-order valence-corrected chi connectivity index (χ3v) is 2.53. The molecule has 0 saturated heterocycles. The van der Waals surface area contributed by atoms with E-state index < -0.39 is 0 Å². The molecular formula is C7H14N2OS. The Bertz CT molecular complexity index is 149. The average Bonchev–Trinajstić information content (AvgIpc) is 2.05. The minimum atomic E-state index is -0.324. The molecule has 0 aliphatic heterocycles. The molecule has 0 aromatic rings. The van der Waals surface area contributed by atoms with Gasteiger partial charge in [-0.3, -0.25) is 9.79 Å². The first-order valence-electron chi connectivity index (χ1n) is 3.37. The van der Waals surface area contributed by atoms with E-state index in [0.717, 1.165) is 0 Å². The molecule has 0 aromatic carbocycles. The Kier molecular flexibility index (Phi) is 4.94. The number of carbonyl (C=O) groups is 1. The van der Waals surface area contributed by atoms with Gasteiger partial charge in [0.05, 0.1) is 0 Å². The maximum atomic E-state index is 11.1. The summed E-state index contributed by atoms with van der Waals surface area (Å²) >= 11 is 1.61. The molecule has 0 spiro atoms. The second-order valence-electron chi connectivity index (χ2n) is 2.18. The molecule has 0 saturated carbocycles. The van der Waals surface area contributed by atoms with Gasteiger partial charge in [-0.2, -0.15) is 11.8 Å². The number of nitrogens with zero attached hydrogens (tertiary/aromatic N) is 1. The second-order valence-corrected chi connectivity index (χ2v) is 3.40. The number of likely N-dealkylation sites (N-methyl/N-ethyl adjacent to an activating group) is 1. The Labute approximate surface area is 71.7 Å². The van der Waals surface area contributed by atoms with E-state index in [2.05, 4.69) is 17.0 Å². The van der Waals surface area contributed by atoms with Crippen molar-refractivity contribution in [2.75, 3.05) is 13.3 Å². The standard InChI is InChI=1S/C7H14N2OS/c1-5(11-4)6(8-2)7(10)9-3/h5-6H,2H2,1,3-4H3,(H,9,10)/t5-,6+/m0/s1. The van der Waals surface area contributed by atoms with Crippen LogP contribution >= 0.6 is 11.8 Å². The first-order chi connectivity index (χ1) is 5.17. The predicted octanol–water partition coefficient (Wildman–Crippen LogP) is 0.553. The maximum Gasteiger partial charge on any atom is 0.245 e. The van der Waals surface area contributed by atoms with Crippen molar-refractivity contribution in [3.05, 3.63) is 0 Å². The maximum absolute atomic E-state index is 11.1. The summed E-state index contributed by atoms with van der Waals surface area (Å²) in [6, 6.07) is -0.324. The fourth-order valence-corrected chi connectivity index (χ4v) is 1.19. The van der Waals surface area contributed by atoms with Crippen LogP contribution in [0.1, 0.15) is 6.92 Å². The van der Waals surface area contributed by atoms with Gasteiger partial charge in [0.15, 0.2) is 0 Å². The van der Waals surface area contributed by atoms with Crippen molar-refractivity contribution >= 4 is 24.4 Å². The van der Waals surface area contributed by atoms with Crippen LogP contribution in [0.25, 0.3) is 0 Å². The van der Waals surface area contributed by atoms with Crippen LogP contribution in [0.3, 0.4) is 0 Å². The van der Waals surface area contributed by atoms with E-state index in [0.29, 0.717) is 0 Å². The topological polar surface area (TPSA) is 41.5 Å². The molecule has 1 N–H and O–H groups in total. The summed E-state index contributed by atoms with van der Waals surface area (Å²) < 4.78 is 0. The molecule has 0 aliphatic rings. The number of hydrogen-bond donors (Lipinski definition) is 1. The summed E-state index contributed by atoms with van der Waals surface area (Å²) in [5, 5.41) is 2.73. The monoisotopic (exact) mass is 174 g/mol. The SMILES string of the molecule is C=N[C@@H](C(=O)NC)[C@H](C)SC. The highest BCUT2D eigenvalue weighted by molar-refractivity contribution is 7.99. The summed E-state index contributed by atoms with van der Waals surface area (Å²) in [5.74, 6) is -0.0677. The minimum Gasteiger partial charge on any atom is -0.357 e. The van der Waals surface area contributed by atoms with Crippen molar-refractivity contribution in [2.24, 2.45) is 4.99 Å². The highest BCUT2D eigenvalue weighted by Gasteiger charge is 2.20. The smallest absolute Gasteiger partial charge is 0.245 e. The van der Waals surface area contributed by atoms with Gasteiger partial charge in [0.1, 0.15) is 6.04 Å². The Morgan fingerprint density at radius 2 is 2.27 bits per heavy atom. The van der Waals surface area contributed by atoms with E-state index in [1.807, 2.05) is 13.2 Å². The molecule has 0 fully saturated rings. The number of nitrogens with one attached hydrogen (secondary N) is 1. The Balaban J connectivity index is 4.15. The summed E-state index contributed by atoms with van der Waals surface area (Å²) in [6.45, 7) is 5.33. The number of hydrogen-bond acceptors (Lipinski definition) is 3. The van der Waals surface area contributed by atoms with Crippen LogP contribution in [0.5, 0.6) is 0 Å². The lowest BCUT2D eigenvalue weighted by Crippen LogP contribution is -2.36. The van der Waals surface area contributed by atoms with Crippen LogP contribution in [-0.2, 0) is 4.79 Å². The van der Waals surface area contributed by atoms with E-state index in [-0.39, 0.29) is 17.2 Å². The molecule has 2 atom stereocenters. The second kappa shape index (κ2) is 5.18. The van der Waals surface area contributed by atoms with Gasteiger partial charge in [0, 0.05) is 12.3 Å². The highest BCUT2D eigenvalue weighted by Crippen LogP contribution is 2.12. The van der Waals surface area contributed by atoms with Crippen molar-refractivity contribution < 1.29 is 4.79 Å². The van der Waals surface area contributed by atoms with Gasteiger partial charge >= 0.3 is 0 Å². The molecule has 0 heterocycles. The third kappa shape index (κ3) is 2.93. The molecule has 0 bridgehead atoms. The summed E-state index contributed by atoms with van der Waals surface area (Å²) in [6.07, 6.45) is 1.95. The predicted molar refractivity (Wildman–Crippen MR) is 50.4 cm³/mol. The molecule has 0 radical (unpaired) electrons. The van der Waals surface area contributed by atoms with E-state index in [9.17, 15) is 4.79 Å². The van der Waals surface area contributed by atoms with Gasteiger partial charge in [-0.1, -0.05) is 6.92 Å². The largest absolute Gasteiger partial charge is 0.357 e. The molecule has 4 heteroatoms. The minimum absolute atomic E-state index is 0.0677.